The number of aliphatic imine (C=N–C) groups is 1. The number of hydrogen-bond acceptors (Lipinski definition) is 6. The molecule has 1 atom stereocenters. The molecule has 0 saturated carbocycles. The fourth-order valence-corrected chi connectivity index (χ4v) is 4.31. The Bertz CT molecular complexity index is 1350. The van der Waals surface area contributed by atoms with Crippen LogP contribution in [0.1, 0.15) is 39.6 Å². The Morgan fingerprint density at radius 3 is 2.61 bits per heavy atom. The van der Waals surface area contributed by atoms with Gasteiger partial charge in [0.15, 0.2) is 5.78 Å². The number of aromatic carboxylic acids is 1. The van der Waals surface area contributed by atoms with Crippen molar-refractivity contribution in [1.82, 2.24) is 4.98 Å². The summed E-state index contributed by atoms with van der Waals surface area (Å²) in [5.74, 6) is -0.114. The zero-order valence-electron chi connectivity index (χ0n) is 19.9. The van der Waals surface area contributed by atoms with Crippen LogP contribution < -0.4 is 9.47 Å². The number of carbonyl (C=O) groups excluding carboxylic acids is 1. The van der Waals surface area contributed by atoms with Crippen LogP contribution in [0.2, 0.25) is 5.02 Å². The second kappa shape index (κ2) is 10.7. The third kappa shape index (κ3) is 5.16. The summed E-state index contributed by atoms with van der Waals surface area (Å²) >= 11 is 6.49. The van der Waals surface area contributed by atoms with Crippen LogP contribution in [0.3, 0.4) is 0 Å². The standard InChI is InChI=1S/C28H25ClN2O5/c1-3-13-36-21-6-7-22(23(29)16-21)26(32)28(10-4-11-31-28)17-20-14-18(5-8-25(20)35-2)24-15-19(27(33)34)9-12-30-24/h4-12,14-16H,3,13,17H2,1-2H3,(H,33,34). The summed E-state index contributed by atoms with van der Waals surface area (Å²) in [6.07, 6.45) is 7.60. The summed E-state index contributed by atoms with van der Waals surface area (Å²) in [6, 6.07) is 13.4. The first kappa shape index (κ1) is 25.1. The van der Waals surface area contributed by atoms with Crippen LogP contribution in [-0.2, 0) is 6.42 Å². The zero-order valence-corrected chi connectivity index (χ0v) is 20.7. The Hall–Kier alpha value is -3.97. The summed E-state index contributed by atoms with van der Waals surface area (Å²) in [5.41, 5.74) is 1.17. The molecule has 0 radical (unpaired) electrons. The lowest BCUT2D eigenvalue weighted by molar-refractivity contribution is 0.0696. The molecule has 1 unspecified atom stereocenters. The van der Waals surface area contributed by atoms with Gasteiger partial charge in [0.2, 0.25) is 0 Å². The van der Waals surface area contributed by atoms with Crippen LogP contribution in [0.15, 0.2) is 71.9 Å². The number of halogens is 1. The van der Waals surface area contributed by atoms with Crippen molar-refractivity contribution in [3.8, 4) is 22.8 Å². The Morgan fingerprint density at radius 1 is 1.11 bits per heavy atom. The van der Waals surface area contributed by atoms with Gasteiger partial charge in [-0.25, -0.2) is 4.79 Å². The molecule has 2 heterocycles. The molecule has 0 spiro atoms. The maximum absolute atomic E-state index is 13.8. The number of allylic oxidation sites excluding steroid dienone is 1. The summed E-state index contributed by atoms with van der Waals surface area (Å²) in [5, 5.41) is 9.63. The lowest BCUT2D eigenvalue weighted by Crippen LogP contribution is -2.36. The largest absolute Gasteiger partial charge is 0.496 e. The minimum atomic E-state index is -1.21. The molecule has 36 heavy (non-hydrogen) atoms. The second-order valence-corrected chi connectivity index (χ2v) is 8.73. The van der Waals surface area contributed by atoms with Gasteiger partial charge in [0.1, 0.15) is 17.0 Å². The van der Waals surface area contributed by atoms with E-state index in [0.717, 1.165) is 6.42 Å². The Labute approximate surface area is 214 Å². The van der Waals surface area contributed by atoms with E-state index in [1.165, 1.54) is 18.3 Å². The van der Waals surface area contributed by atoms with Crippen LogP contribution in [0.25, 0.3) is 11.3 Å². The number of carboxylic acid groups (broad SMARTS) is 1. The third-order valence-electron chi connectivity index (χ3n) is 5.86. The van der Waals surface area contributed by atoms with E-state index in [-0.39, 0.29) is 17.8 Å². The normalized spacial score (nSPS) is 16.2. The van der Waals surface area contributed by atoms with Gasteiger partial charge in [-0.1, -0.05) is 18.5 Å². The molecule has 4 rings (SSSR count). The average molecular weight is 505 g/mol. The average Bonchev–Trinajstić information content (AvgIpc) is 3.37. The molecule has 184 valence electrons. The van der Waals surface area contributed by atoms with Crippen molar-refractivity contribution in [3.63, 3.8) is 0 Å². The van der Waals surface area contributed by atoms with Crippen LogP contribution in [0.5, 0.6) is 11.5 Å². The smallest absolute Gasteiger partial charge is 0.335 e. The van der Waals surface area contributed by atoms with Gasteiger partial charge in [-0.05, 0) is 72.7 Å². The molecule has 1 aromatic heterocycles. The lowest BCUT2D eigenvalue weighted by atomic mass is 9.83. The highest BCUT2D eigenvalue weighted by molar-refractivity contribution is 6.34. The van der Waals surface area contributed by atoms with Gasteiger partial charge in [0, 0.05) is 30.0 Å². The van der Waals surface area contributed by atoms with Crippen molar-refractivity contribution in [2.45, 2.75) is 25.3 Å². The lowest BCUT2D eigenvalue weighted by Gasteiger charge is -2.25. The fraction of sp³-hybridized carbons (Fsp3) is 0.214. The van der Waals surface area contributed by atoms with Crippen LogP contribution in [0.4, 0.5) is 0 Å². The van der Waals surface area contributed by atoms with E-state index in [1.54, 1.807) is 55.8 Å². The summed E-state index contributed by atoms with van der Waals surface area (Å²) in [7, 11) is 1.55. The second-order valence-electron chi connectivity index (χ2n) is 8.32. The van der Waals surface area contributed by atoms with Gasteiger partial charge in [-0.3, -0.25) is 14.8 Å². The molecule has 7 nitrogen and oxygen atoms in total. The number of benzene rings is 2. The monoisotopic (exact) mass is 504 g/mol. The van der Waals surface area contributed by atoms with Crippen molar-refractivity contribution in [3.05, 3.63) is 88.6 Å². The molecule has 8 heteroatoms. The van der Waals surface area contributed by atoms with Crippen molar-refractivity contribution < 1.29 is 24.2 Å². The molecular formula is C28H25ClN2O5. The number of pyridine rings is 1. The number of hydrogen-bond donors (Lipinski definition) is 1. The van der Waals surface area contributed by atoms with Gasteiger partial charge in [0.25, 0.3) is 0 Å². The van der Waals surface area contributed by atoms with Crippen molar-refractivity contribution in [1.29, 1.82) is 0 Å². The van der Waals surface area contributed by atoms with E-state index >= 15 is 0 Å². The summed E-state index contributed by atoms with van der Waals surface area (Å²) in [6.45, 7) is 2.57. The van der Waals surface area contributed by atoms with Gasteiger partial charge in [0.05, 0.1) is 30.0 Å². The maximum Gasteiger partial charge on any atom is 0.335 e. The highest BCUT2D eigenvalue weighted by atomic mass is 35.5. The van der Waals surface area contributed by atoms with E-state index in [0.29, 0.717) is 45.5 Å². The Morgan fingerprint density at radius 2 is 1.94 bits per heavy atom. The first-order valence-electron chi connectivity index (χ1n) is 11.4. The molecule has 3 aromatic rings. The summed E-state index contributed by atoms with van der Waals surface area (Å²) in [4.78, 5) is 34.1. The topological polar surface area (TPSA) is 98.1 Å². The van der Waals surface area contributed by atoms with E-state index < -0.39 is 11.5 Å². The molecule has 0 aliphatic carbocycles. The number of Topliss-reactive ketones (excluding diaryl/α,β-unsaturated/α-hetero) is 1. The van der Waals surface area contributed by atoms with Crippen molar-refractivity contribution in [2.75, 3.05) is 13.7 Å². The first-order chi connectivity index (χ1) is 17.4. The molecule has 1 aliphatic rings. The number of methoxy groups -OCH3 is 1. The van der Waals surface area contributed by atoms with Crippen LogP contribution in [0, 0.1) is 0 Å². The molecule has 2 aromatic carbocycles. The number of carbonyl (C=O) groups is 2. The van der Waals surface area contributed by atoms with Gasteiger partial charge < -0.3 is 14.6 Å². The van der Waals surface area contributed by atoms with E-state index in [1.807, 2.05) is 13.0 Å². The number of rotatable bonds is 10. The highest BCUT2D eigenvalue weighted by Gasteiger charge is 2.39. The van der Waals surface area contributed by atoms with Gasteiger partial charge in [-0.15, -0.1) is 0 Å². The van der Waals surface area contributed by atoms with Crippen LogP contribution in [-0.4, -0.2) is 47.3 Å². The fourth-order valence-electron chi connectivity index (χ4n) is 4.05. The molecular weight excluding hydrogens is 480 g/mol. The third-order valence-corrected chi connectivity index (χ3v) is 6.17. The zero-order chi connectivity index (χ0) is 25.7. The number of ether oxygens (including phenoxy) is 2. The maximum atomic E-state index is 13.8. The van der Waals surface area contributed by atoms with Crippen LogP contribution >= 0.6 is 11.6 Å². The first-order valence-corrected chi connectivity index (χ1v) is 11.8. The molecule has 1 N–H and O–H groups in total. The molecule has 0 amide bonds. The van der Waals surface area contributed by atoms with E-state index in [4.69, 9.17) is 21.1 Å². The number of nitrogens with zero attached hydrogens (tertiary/aromatic N) is 2. The minimum Gasteiger partial charge on any atom is -0.496 e. The predicted octanol–water partition coefficient (Wildman–Crippen LogP) is 5.70. The number of carboxylic acids is 1. The van der Waals surface area contributed by atoms with E-state index in [2.05, 4.69) is 9.98 Å². The van der Waals surface area contributed by atoms with Gasteiger partial charge in [-0.2, -0.15) is 0 Å². The minimum absolute atomic E-state index is 0.133. The van der Waals surface area contributed by atoms with Gasteiger partial charge >= 0.3 is 5.97 Å². The molecule has 0 fully saturated rings. The molecule has 1 aliphatic heterocycles. The quantitative estimate of drug-likeness (QED) is 0.355. The molecule has 0 saturated heterocycles. The molecule has 0 bridgehead atoms. The SMILES string of the molecule is CCCOc1ccc(C(=O)C2(Cc3cc(-c4cc(C(=O)O)ccn4)ccc3OC)C=CC=N2)c(Cl)c1. The predicted molar refractivity (Wildman–Crippen MR) is 139 cm³/mol. The Kier molecular flexibility index (Phi) is 7.50. The highest BCUT2D eigenvalue weighted by Crippen LogP contribution is 2.35. The summed E-state index contributed by atoms with van der Waals surface area (Å²) < 4.78 is 11.2. The number of ketones is 1. The Balaban J connectivity index is 1.70. The van der Waals surface area contributed by atoms with Crippen molar-refractivity contribution >= 4 is 29.6 Å². The van der Waals surface area contributed by atoms with Crippen molar-refractivity contribution in [2.24, 2.45) is 4.99 Å². The van der Waals surface area contributed by atoms with E-state index in [9.17, 15) is 14.7 Å². The number of aromatic nitrogens is 1.